The monoisotopic (exact) mass is 299 g/mol. The minimum Gasteiger partial charge on any atom is -0.341 e. The lowest BCUT2D eigenvalue weighted by Gasteiger charge is -2.20. The average Bonchev–Trinajstić information content (AvgIpc) is 2.83. The Kier molecular flexibility index (Phi) is 3.90. The third-order valence-corrected chi connectivity index (χ3v) is 5.78. The summed E-state index contributed by atoms with van der Waals surface area (Å²) in [7, 11) is 0.571. The molecule has 0 saturated carbocycles. The van der Waals surface area contributed by atoms with Crippen LogP contribution in [0.2, 0.25) is 0 Å². The van der Waals surface area contributed by atoms with Crippen LogP contribution in [0.15, 0.2) is 0 Å². The van der Waals surface area contributed by atoms with Crippen LogP contribution in [0.25, 0.3) is 0 Å². The highest BCUT2D eigenvalue weighted by Crippen LogP contribution is 2.22. The highest BCUT2D eigenvalue weighted by Gasteiger charge is 2.34. The number of amides is 1. The van der Waals surface area contributed by atoms with E-state index in [2.05, 4.69) is 5.10 Å². The predicted octanol–water partition coefficient (Wildman–Crippen LogP) is 0.430. The molecule has 0 aliphatic carbocycles. The van der Waals surface area contributed by atoms with E-state index in [1.54, 1.807) is 16.6 Å². The van der Waals surface area contributed by atoms with Crippen LogP contribution >= 0.6 is 0 Å². The molecule has 0 aromatic carbocycles. The summed E-state index contributed by atoms with van der Waals surface area (Å²) in [6, 6.07) is 0. The van der Waals surface area contributed by atoms with Crippen molar-refractivity contribution in [3.63, 3.8) is 0 Å². The molecule has 0 N–H and O–H groups in total. The van der Waals surface area contributed by atoms with E-state index in [1.807, 2.05) is 20.9 Å². The van der Waals surface area contributed by atoms with Crippen molar-refractivity contribution < 1.29 is 13.2 Å². The number of sulfone groups is 1. The minimum atomic E-state index is -3.02. The second-order valence-electron chi connectivity index (χ2n) is 5.57. The number of carbonyl (C=O) groups excluding carboxylic acids is 1. The second-order valence-corrected chi connectivity index (χ2v) is 7.80. The van der Waals surface area contributed by atoms with Gasteiger partial charge in [0.1, 0.15) is 0 Å². The Labute approximate surface area is 119 Å². The summed E-state index contributed by atoms with van der Waals surface area (Å²) in [5, 5.41) is 4.33. The number of rotatable bonds is 3. The highest BCUT2D eigenvalue weighted by molar-refractivity contribution is 7.91. The third kappa shape index (κ3) is 2.87. The van der Waals surface area contributed by atoms with E-state index in [4.69, 9.17) is 0 Å². The molecule has 1 aliphatic heterocycles. The van der Waals surface area contributed by atoms with Crippen molar-refractivity contribution in [1.82, 2.24) is 14.7 Å². The van der Waals surface area contributed by atoms with Gasteiger partial charge in [0.15, 0.2) is 9.84 Å². The van der Waals surface area contributed by atoms with E-state index < -0.39 is 9.84 Å². The Bertz CT molecular complexity index is 634. The number of hydrogen-bond donors (Lipinski definition) is 0. The molecule has 112 valence electrons. The lowest BCUT2D eigenvalue weighted by Crippen LogP contribution is -2.33. The first-order valence-electron chi connectivity index (χ1n) is 6.66. The Morgan fingerprint density at radius 2 is 2.10 bits per heavy atom. The quantitative estimate of drug-likeness (QED) is 0.811. The summed E-state index contributed by atoms with van der Waals surface area (Å²) in [4.78, 5) is 13.9. The molecule has 1 aromatic heterocycles. The van der Waals surface area contributed by atoms with Crippen molar-refractivity contribution in [1.29, 1.82) is 0 Å². The molecule has 6 nitrogen and oxygen atoms in total. The van der Waals surface area contributed by atoms with Gasteiger partial charge in [-0.25, -0.2) is 8.42 Å². The maximum Gasteiger partial charge on any atom is 0.226 e. The maximum absolute atomic E-state index is 12.3. The Morgan fingerprint density at radius 3 is 2.55 bits per heavy atom. The third-order valence-electron chi connectivity index (χ3n) is 4.01. The lowest BCUT2D eigenvalue weighted by atomic mass is 10.1. The van der Waals surface area contributed by atoms with Crippen LogP contribution in [0.4, 0.5) is 0 Å². The van der Waals surface area contributed by atoms with Gasteiger partial charge in [0.2, 0.25) is 5.91 Å². The molecule has 1 amide bonds. The maximum atomic E-state index is 12.3. The summed E-state index contributed by atoms with van der Waals surface area (Å²) in [6.45, 7) is 4.36. The molecule has 2 rings (SSSR count). The standard InChI is InChI=1S/C13H21N3O3S/c1-9-12(10(2)16(4)14-9)7-15(3)13(17)11-5-6-20(18,19)8-11/h11H,5-8H2,1-4H3/t11-/m1/s1. The largest absolute Gasteiger partial charge is 0.341 e. The van der Waals surface area contributed by atoms with Gasteiger partial charge in [-0.15, -0.1) is 0 Å². The summed E-state index contributed by atoms with van der Waals surface area (Å²) >= 11 is 0. The Hall–Kier alpha value is -1.37. The molecule has 1 aliphatic rings. The zero-order valence-corrected chi connectivity index (χ0v) is 13.2. The number of nitrogens with zero attached hydrogens (tertiary/aromatic N) is 3. The van der Waals surface area contributed by atoms with Crippen LogP contribution in [0, 0.1) is 19.8 Å². The van der Waals surface area contributed by atoms with E-state index in [0.29, 0.717) is 13.0 Å². The van der Waals surface area contributed by atoms with Crippen LogP contribution in [0.3, 0.4) is 0 Å². The molecule has 1 aromatic rings. The van der Waals surface area contributed by atoms with Gasteiger partial charge in [-0.2, -0.15) is 5.10 Å². The SMILES string of the molecule is Cc1nn(C)c(C)c1CN(C)C(=O)[C@@H]1CCS(=O)(=O)C1. The van der Waals surface area contributed by atoms with E-state index >= 15 is 0 Å². The summed E-state index contributed by atoms with van der Waals surface area (Å²) in [6.07, 6.45) is 0.441. The molecule has 7 heteroatoms. The van der Waals surface area contributed by atoms with Crippen LogP contribution in [0.1, 0.15) is 23.4 Å². The fraction of sp³-hybridized carbons (Fsp3) is 0.692. The molecular weight excluding hydrogens is 278 g/mol. The fourth-order valence-corrected chi connectivity index (χ4v) is 4.40. The molecule has 1 saturated heterocycles. The molecule has 1 fully saturated rings. The lowest BCUT2D eigenvalue weighted by molar-refractivity contribution is -0.133. The van der Waals surface area contributed by atoms with Gasteiger partial charge >= 0.3 is 0 Å². The van der Waals surface area contributed by atoms with Crippen LogP contribution in [0.5, 0.6) is 0 Å². The van der Waals surface area contributed by atoms with Crippen molar-refractivity contribution >= 4 is 15.7 Å². The van der Waals surface area contributed by atoms with Crippen LogP contribution in [-0.4, -0.2) is 47.6 Å². The Balaban J connectivity index is 2.09. The molecule has 0 bridgehead atoms. The fourth-order valence-electron chi connectivity index (χ4n) is 2.66. The first-order valence-corrected chi connectivity index (χ1v) is 8.48. The normalized spacial score (nSPS) is 21.1. The van der Waals surface area contributed by atoms with Gasteiger partial charge in [0.25, 0.3) is 0 Å². The van der Waals surface area contributed by atoms with E-state index in [0.717, 1.165) is 17.0 Å². The van der Waals surface area contributed by atoms with Crippen LogP contribution in [-0.2, 0) is 28.2 Å². The van der Waals surface area contributed by atoms with E-state index in [1.165, 1.54) is 0 Å². The molecule has 0 radical (unpaired) electrons. The molecule has 0 unspecified atom stereocenters. The van der Waals surface area contributed by atoms with Gasteiger partial charge in [-0.3, -0.25) is 9.48 Å². The molecular formula is C13H21N3O3S. The van der Waals surface area contributed by atoms with Crippen molar-refractivity contribution in [2.75, 3.05) is 18.6 Å². The van der Waals surface area contributed by atoms with Crippen molar-refractivity contribution in [3.05, 3.63) is 17.0 Å². The van der Waals surface area contributed by atoms with Gasteiger partial charge < -0.3 is 4.90 Å². The molecule has 1 atom stereocenters. The molecule has 2 heterocycles. The number of hydrogen-bond acceptors (Lipinski definition) is 4. The summed E-state index contributed by atoms with van der Waals surface area (Å²) < 4.78 is 24.7. The predicted molar refractivity (Wildman–Crippen MR) is 75.9 cm³/mol. The zero-order valence-electron chi connectivity index (χ0n) is 12.4. The number of aryl methyl sites for hydroxylation is 2. The summed E-state index contributed by atoms with van der Waals surface area (Å²) in [5.74, 6) is -0.361. The first kappa shape index (κ1) is 15.0. The van der Waals surface area contributed by atoms with Crippen LogP contribution < -0.4 is 0 Å². The average molecular weight is 299 g/mol. The topological polar surface area (TPSA) is 72.3 Å². The van der Waals surface area contributed by atoms with E-state index in [-0.39, 0.29) is 23.3 Å². The highest BCUT2D eigenvalue weighted by atomic mass is 32.2. The van der Waals surface area contributed by atoms with Gasteiger partial charge in [0, 0.05) is 31.9 Å². The van der Waals surface area contributed by atoms with Crippen molar-refractivity contribution in [3.8, 4) is 0 Å². The number of carbonyl (C=O) groups is 1. The van der Waals surface area contributed by atoms with Gasteiger partial charge in [0.05, 0.1) is 23.1 Å². The van der Waals surface area contributed by atoms with Gasteiger partial charge in [-0.1, -0.05) is 0 Å². The van der Waals surface area contributed by atoms with Gasteiger partial charge in [-0.05, 0) is 20.3 Å². The Morgan fingerprint density at radius 1 is 1.45 bits per heavy atom. The van der Waals surface area contributed by atoms with E-state index in [9.17, 15) is 13.2 Å². The second kappa shape index (κ2) is 5.20. The zero-order chi connectivity index (χ0) is 15.1. The number of aromatic nitrogens is 2. The van der Waals surface area contributed by atoms with Crippen molar-refractivity contribution in [2.45, 2.75) is 26.8 Å². The first-order chi connectivity index (χ1) is 9.21. The molecule has 20 heavy (non-hydrogen) atoms. The molecule has 0 spiro atoms. The van der Waals surface area contributed by atoms with Crippen molar-refractivity contribution in [2.24, 2.45) is 13.0 Å². The smallest absolute Gasteiger partial charge is 0.226 e. The minimum absolute atomic E-state index is 0.0127. The summed E-state index contributed by atoms with van der Waals surface area (Å²) in [5.41, 5.74) is 2.97.